The van der Waals surface area contributed by atoms with Crippen molar-refractivity contribution in [3.8, 4) is 17.2 Å². The van der Waals surface area contributed by atoms with Crippen molar-refractivity contribution in [2.75, 3.05) is 38.2 Å². The first kappa shape index (κ1) is 34.2. The number of hydrogen-bond acceptors (Lipinski definition) is 7. The Morgan fingerprint density at radius 2 is 1.55 bits per heavy atom. The van der Waals surface area contributed by atoms with Gasteiger partial charge in [-0.2, -0.15) is 0 Å². The van der Waals surface area contributed by atoms with E-state index in [1.807, 2.05) is 51.1 Å². The van der Waals surface area contributed by atoms with Crippen molar-refractivity contribution in [1.82, 2.24) is 10.2 Å². The summed E-state index contributed by atoms with van der Waals surface area (Å²) in [6.07, 6.45) is 1.21. The summed E-state index contributed by atoms with van der Waals surface area (Å²) in [5, 5.41) is 2.94. The SMILES string of the molecule is CCOc1ccc(N(CC(=O)N(CCc2ccccc2)C(C)C(=O)NC(C)CC)S(=O)(=O)c2ccc(OC)c(OC)c2)cc1. The van der Waals surface area contributed by atoms with Crippen LogP contribution in [0.15, 0.2) is 77.7 Å². The molecule has 0 aliphatic heterocycles. The average Bonchev–Trinajstić information content (AvgIpc) is 3.04. The van der Waals surface area contributed by atoms with Gasteiger partial charge in [-0.3, -0.25) is 13.9 Å². The largest absolute Gasteiger partial charge is 0.494 e. The standard InChI is InChI=1S/C33H43N3O7S/c1-7-24(3)34-33(38)25(4)35(21-20-26-12-10-9-11-13-26)32(37)23-36(27-14-16-28(17-15-27)43-8-2)44(39,40)29-18-19-30(41-5)31(22-29)42-6/h9-19,22,24-25H,7-8,20-21,23H2,1-6H3,(H,34,38). The van der Waals surface area contributed by atoms with Crippen LogP contribution in [-0.4, -0.2) is 71.1 Å². The van der Waals surface area contributed by atoms with Gasteiger partial charge in [-0.15, -0.1) is 0 Å². The summed E-state index contributed by atoms with van der Waals surface area (Å²) in [5.41, 5.74) is 1.25. The molecular formula is C33H43N3O7S. The molecule has 3 rings (SSSR count). The van der Waals surface area contributed by atoms with Gasteiger partial charge in [-0.05, 0) is 75.6 Å². The van der Waals surface area contributed by atoms with Crippen LogP contribution >= 0.6 is 0 Å². The van der Waals surface area contributed by atoms with Gasteiger partial charge < -0.3 is 24.4 Å². The van der Waals surface area contributed by atoms with Gasteiger partial charge in [-0.25, -0.2) is 8.42 Å². The fourth-order valence-corrected chi connectivity index (χ4v) is 5.97. The second-order valence-electron chi connectivity index (χ2n) is 10.3. The molecule has 238 valence electrons. The zero-order valence-corrected chi connectivity index (χ0v) is 27.1. The molecule has 0 saturated carbocycles. The number of nitrogens with zero attached hydrogens (tertiary/aromatic N) is 2. The first-order chi connectivity index (χ1) is 21.0. The second-order valence-corrected chi connectivity index (χ2v) is 12.1. The van der Waals surface area contributed by atoms with E-state index in [4.69, 9.17) is 14.2 Å². The van der Waals surface area contributed by atoms with Gasteiger partial charge in [0.25, 0.3) is 10.0 Å². The van der Waals surface area contributed by atoms with Crippen LogP contribution in [0.3, 0.4) is 0 Å². The number of amides is 2. The van der Waals surface area contributed by atoms with Crippen molar-refractivity contribution < 1.29 is 32.2 Å². The van der Waals surface area contributed by atoms with Crippen molar-refractivity contribution in [2.45, 2.75) is 57.5 Å². The van der Waals surface area contributed by atoms with E-state index in [0.29, 0.717) is 24.5 Å². The van der Waals surface area contributed by atoms with Crippen LogP contribution < -0.4 is 23.8 Å². The summed E-state index contributed by atoms with van der Waals surface area (Å²) < 4.78 is 45.6. The molecule has 1 N–H and O–H groups in total. The molecule has 2 amide bonds. The summed E-state index contributed by atoms with van der Waals surface area (Å²) in [6.45, 7) is 7.48. The zero-order chi connectivity index (χ0) is 32.3. The molecule has 0 saturated heterocycles. The minimum atomic E-state index is -4.29. The van der Waals surface area contributed by atoms with E-state index in [1.54, 1.807) is 31.2 Å². The van der Waals surface area contributed by atoms with Gasteiger partial charge in [0.1, 0.15) is 18.3 Å². The maximum absolute atomic E-state index is 14.2. The van der Waals surface area contributed by atoms with E-state index in [9.17, 15) is 18.0 Å². The van der Waals surface area contributed by atoms with Crippen LogP contribution in [0.5, 0.6) is 17.2 Å². The smallest absolute Gasteiger partial charge is 0.264 e. The molecule has 0 heterocycles. The van der Waals surface area contributed by atoms with Crippen molar-refractivity contribution in [3.63, 3.8) is 0 Å². The molecule has 3 aromatic carbocycles. The number of hydrogen-bond donors (Lipinski definition) is 1. The molecule has 0 fully saturated rings. The Morgan fingerprint density at radius 1 is 0.886 bits per heavy atom. The molecule has 0 aliphatic carbocycles. The van der Waals surface area contributed by atoms with Gasteiger partial charge in [0.05, 0.1) is 31.4 Å². The number of anilines is 1. The van der Waals surface area contributed by atoms with E-state index in [2.05, 4.69) is 5.32 Å². The molecule has 2 atom stereocenters. The predicted octanol–water partition coefficient (Wildman–Crippen LogP) is 4.67. The molecule has 3 aromatic rings. The molecule has 0 radical (unpaired) electrons. The molecule has 0 spiro atoms. The lowest BCUT2D eigenvalue weighted by Gasteiger charge is -2.32. The van der Waals surface area contributed by atoms with Crippen molar-refractivity contribution in [3.05, 3.63) is 78.4 Å². The number of ether oxygens (including phenoxy) is 3. The third-order valence-electron chi connectivity index (χ3n) is 7.31. The van der Waals surface area contributed by atoms with Gasteiger partial charge in [0, 0.05) is 18.7 Å². The number of methoxy groups -OCH3 is 2. The molecule has 0 aromatic heterocycles. The second kappa shape index (κ2) is 16.0. The summed E-state index contributed by atoms with van der Waals surface area (Å²) in [5.74, 6) is 0.322. The van der Waals surface area contributed by atoms with E-state index in [1.165, 1.54) is 37.3 Å². The zero-order valence-electron chi connectivity index (χ0n) is 26.3. The Labute approximate surface area is 261 Å². The van der Waals surface area contributed by atoms with E-state index >= 15 is 0 Å². The Kier molecular flexibility index (Phi) is 12.5. The van der Waals surface area contributed by atoms with Crippen LogP contribution in [0.25, 0.3) is 0 Å². The summed E-state index contributed by atoms with van der Waals surface area (Å²) in [7, 11) is -1.42. The molecular weight excluding hydrogens is 582 g/mol. The number of sulfonamides is 1. The van der Waals surface area contributed by atoms with Gasteiger partial charge in [-0.1, -0.05) is 37.3 Å². The first-order valence-corrected chi connectivity index (χ1v) is 16.1. The van der Waals surface area contributed by atoms with E-state index in [0.717, 1.165) is 16.3 Å². The predicted molar refractivity (Wildman–Crippen MR) is 171 cm³/mol. The molecule has 0 aliphatic rings. The van der Waals surface area contributed by atoms with Crippen molar-refractivity contribution in [2.24, 2.45) is 0 Å². The number of rotatable bonds is 16. The van der Waals surface area contributed by atoms with Crippen LogP contribution in [0.2, 0.25) is 0 Å². The van der Waals surface area contributed by atoms with Gasteiger partial charge in [0.2, 0.25) is 11.8 Å². The fraction of sp³-hybridized carbons (Fsp3) is 0.394. The van der Waals surface area contributed by atoms with E-state index in [-0.39, 0.29) is 34.8 Å². The Balaban J connectivity index is 2.03. The lowest BCUT2D eigenvalue weighted by molar-refractivity contribution is -0.139. The Bertz CT molecular complexity index is 1480. The third kappa shape index (κ3) is 8.66. The Morgan fingerprint density at radius 3 is 2.14 bits per heavy atom. The minimum Gasteiger partial charge on any atom is -0.494 e. The lowest BCUT2D eigenvalue weighted by Crippen LogP contribution is -2.53. The maximum atomic E-state index is 14.2. The molecule has 44 heavy (non-hydrogen) atoms. The highest BCUT2D eigenvalue weighted by molar-refractivity contribution is 7.92. The Hall–Kier alpha value is -4.25. The highest BCUT2D eigenvalue weighted by Crippen LogP contribution is 2.33. The molecule has 11 heteroatoms. The van der Waals surface area contributed by atoms with Crippen LogP contribution in [0, 0.1) is 0 Å². The number of benzene rings is 3. The van der Waals surface area contributed by atoms with Crippen molar-refractivity contribution >= 4 is 27.5 Å². The normalized spacial score (nSPS) is 12.5. The molecule has 2 unspecified atom stereocenters. The van der Waals surface area contributed by atoms with Crippen LogP contribution in [-0.2, 0) is 26.0 Å². The van der Waals surface area contributed by atoms with Crippen LogP contribution in [0.1, 0.15) is 39.7 Å². The quantitative estimate of drug-likeness (QED) is 0.246. The van der Waals surface area contributed by atoms with Crippen molar-refractivity contribution in [1.29, 1.82) is 0 Å². The topological polar surface area (TPSA) is 114 Å². The maximum Gasteiger partial charge on any atom is 0.264 e. The first-order valence-electron chi connectivity index (χ1n) is 14.7. The molecule has 10 nitrogen and oxygen atoms in total. The van der Waals surface area contributed by atoms with Gasteiger partial charge >= 0.3 is 0 Å². The number of carbonyl (C=O) groups is 2. The third-order valence-corrected chi connectivity index (χ3v) is 9.08. The van der Waals surface area contributed by atoms with Gasteiger partial charge in [0.15, 0.2) is 11.5 Å². The average molecular weight is 626 g/mol. The van der Waals surface area contributed by atoms with E-state index < -0.39 is 28.5 Å². The minimum absolute atomic E-state index is 0.0817. The number of nitrogens with one attached hydrogen (secondary N) is 1. The molecule has 0 bridgehead atoms. The van der Waals surface area contributed by atoms with Crippen LogP contribution in [0.4, 0.5) is 5.69 Å². The summed E-state index contributed by atoms with van der Waals surface area (Å²) in [4.78, 5) is 28.6. The number of carbonyl (C=O) groups excluding carboxylic acids is 2. The summed E-state index contributed by atoms with van der Waals surface area (Å²) in [6, 6.07) is 19.4. The highest BCUT2D eigenvalue weighted by atomic mass is 32.2. The monoisotopic (exact) mass is 625 g/mol. The lowest BCUT2D eigenvalue weighted by atomic mass is 10.1. The highest BCUT2D eigenvalue weighted by Gasteiger charge is 2.33. The fourth-order valence-electron chi connectivity index (χ4n) is 4.54. The summed E-state index contributed by atoms with van der Waals surface area (Å²) >= 11 is 0.